The number of fused-ring (bicyclic) bond motifs is 1. The molecule has 0 bridgehead atoms. The molecule has 84 valence electrons. The van der Waals surface area contributed by atoms with Gasteiger partial charge in [-0.3, -0.25) is 9.20 Å². The standard InChI is InChI=1S/C13H16N2O/c1-9-11-7-5-6-10(8-16)15(11)12(14-9)13(2,3)4/h5-8H,1-4H3. The van der Waals surface area contributed by atoms with Crippen LogP contribution in [0.2, 0.25) is 0 Å². The number of carbonyl (C=O) groups excluding carboxylic acids is 1. The van der Waals surface area contributed by atoms with Gasteiger partial charge in [0.05, 0.1) is 16.9 Å². The highest BCUT2D eigenvalue weighted by Crippen LogP contribution is 2.25. The van der Waals surface area contributed by atoms with Gasteiger partial charge < -0.3 is 0 Å². The molecular weight excluding hydrogens is 200 g/mol. The Balaban J connectivity index is 2.91. The minimum Gasteiger partial charge on any atom is -0.296 e. The molecule has 0 aromatic carbocycles. The third-order valence-electron chi connectivity index (χ3n) is 2.67. The lowest BCUT2D eigenvalue weighted by molar-refractivity contribution is 0.111. The van der Waals surface area contributed by atoms with Gasteiger partial charge in [0.15, 0.2) is 6.29 Å². The average molecular weight is 216 g/mol. The van der Waals surface area contributed by atoms with Crippen LogP contribution in [0.25, 0.3) is 5.52 Å². The Kier molecular flexibility index (Phi) is 2.34. The summed E-state index contributed by atoms with van der Waals surface area (Å²) in [6.45, 7) is 8.27. The summed E-state index contributed by atoms with van der Waals surface area (Å²) >= 11 is 0. The second kappa shape index (κ2) is 3.44. The van der Waals surface area contributed by atoms with E-state index in [2.05, 4.69) is 25.8 Å². The third kappa shape index (κ3) is 1.52. The van der Waals surface area contributed by atoms with E-state index in [-0.39, 0.29) is 5.41 Å². The van der Waals surface area contributed by atoms with Crippen LogP contribution in [0.4, 0.5) is 0 Å². The van der Waals surface area contributed by atoms with E-state index in [0.717, 1.165) is 23.3 Å². The predicted molar refractivity (Wildman–Crippen MR) is 64.0 cm³/mol. The van der Waals surface area contributed by atoms with Crippen molar-refractivity contribution in [1.29, 1.82) is 0 Å². The molecule has 2 heterocycles. The maximum atomic E-state index is 11.1. The van der Waals surface area contributed by atoms with Gasteiger partial charge in [-0.1, -0.05) is 26.8 Å². The molecule has 0 aliphatic rings. The molecule has 2 aromatic rings. The minimum atomic E-state index is -0.0731. The van der Waals surface area contributed by atoms with E-state index in [4.69, 9.17) is 0 Å². The molecular formula is C13H16N2O. The van der Waals surface area contributed by atoms with E-state index in [0.29, 0.717) is 5.69 Å². The van der Waals surface area contributed by atoms with Gasteiger partial charge in [-0.2, -0.15) is 0 Å². The molecule has 2 aromatic heterocycles. The number of pyridine rings is 1. The van der Waals surface area contributed by atoms with Crippen LogP contribution in [-0.4, -0.2) is 15.7 Å². The number of hydrogen-bond acceptors (Lipinski definition) is 2. The van der Waals surface area contributed by atoms with Gasteiger partial charge in [0.25, 0.3) is 0 Å². The van der Waals surface area contributed by atoms with Crippen LogP contribution in [0.15, 0.2) is 18.2 Å². The molecule has 0 saturated carbocycles. The van der Waals surface area contributed by atoms with Gasteiger partial charge >= 0.3 is 0 Å². The van der Waals surface area contributed by atoms with Crippen molar-refractivity contribution in [3.05, 3.63) is 35.4 Å². The second-order valence-electron chi connectivity index (χ2n) is 5.06. The minimum absolute atomic E-state index is 0.0731. The fourth-order valence-electron chi connectivity index (χ4n) is 1.91. The van der Waals surface area contributed by atoms with Crippen LogP contribution < -0.4 is 0 Å². The van der Waals surface area contributed by atoms with Crippen molar-refractivity contribution < 1.29 is 4.79 Å². The van der Waals surface area contributed by atoms with Crippen LogP contribution in [0, 0.1) is 6.92 Å². The lowest BCUT2D eigenvalue weighted by atomic mass is 9.96. The molecule has 0 aliphatic carbocycles. The molecule has 0 unspecified atom stereocenters. The van der Waals surface area contributed by atoms with Gasteiger partial charge in [0.2, 0.25) is 0 Å². The molecule has 0 N–H and O–H groups in total. The highest BCUT2D eigenvalue weighted by Gasteiger charge is 2.22. The predicted octanol–water partition coefficient (Wildman–Crippen LogP) is 2.75. The summed E-state index contributed by atoms with van der Waals surface area (Å²) in [5, 5.41) is 0. The molecule has 0 aliphatic heterocycles. The normalized spacial score (nSPS) is 12.0. The lowest BCUT2D eigenvalue weighted by Gasteiger charge is -2.17. The maximum absolute atomic E-state index is 11.1. The summed E-state index contributed by atoms with van der Waals surface area (Å²) in [5.74, 6) is 0.933. The quantitative estimate of drug-likeness (QED) is 0.687. The van der Waals surface area contributed by atoms with E-state index in [1.54, 1.807) is 0 Å². The van der Waals surface area contributed by atoms with Gasteiger partial charge in [-0.25, -0.2) is 4.98 Å². The monoisotopic (exact) mass is 216 g/mol. The summed E-state index contributed by atoms with van der Waals surface area (Å²) in [6.07, 6.45) is 0.878. The fourth-order valence-corrected chi connectivity index (χ4v) is 1.91. The number of aryl methyl sites for hydroxylation is 1. The first kappa shape index (κ1) is 10.9. The Morgan fingerprint density at radius 1 is 1.31 bits per heavy atom. The van der Waals surface area contributed by atoms with E-state index in [1.165, 1.54) is 0 Å². The molecule has 16 heavy (non-hydrogen) atoms. The lowest BCUT2D eigenvalue weighted by Crippen LogP contribution is -2.17. The molecule has 2 rings (SSSR count). The number of carbonyl (C=O) groups is 1. The molecule has 0 amide bonds. The van der Waals surface area contributed by atoms with E-state index < -0.39 is 0 Å². The number of rotatable bonds is 1. The van der Waals surface area contributed by atoms with Gasteiger partial charge in [-0.15, -0.1) is 0 Å². The van der Waals surface area contributed by atoms with Crippen molar-refractivity contribution in [1.82, 2.24) is 9.38 Å². The van der Waals surface area contributed by atoms with Crippen molar-refractivity contribution in [2.45, 2.75) is 33.1 Å². The number of aromatic nitrogens is 2. The smallest absolute Gasteiger partial charge is 0.166 e. The first-order valence-electron chi connectivity index (χ1n) is 5.39. The van der Waals surface area contributed by atoms with Gasteiger partial charge in [0, 0.05) is 5.41 Å². The number of aldehydes is 1. The summed E-state index contributed by atoms with van der Waals surface area (Å²) in [6, 6.07) is 5.70. The van der Waals surface area contributed by atoms with Gasteiger partial charge in [-0.05, 0) is 19.1 Å². The molecule has 0 spiro atoms. The van der Waals surface area contributed by atoms with Crippen molar-refractivity contribution in [3.63, 3.8) is 0 Å². The Morgan fingerprint density at radius 2 is 2.00 bits per heavy atom. The first-order chi connectivity index (χ1) is 7.45. The SMILES string of the molecule is Cc1nc(C(C)(C)C)n2c(C=O)cccc12. The number of imidazole rings is 1. The summed E-state index contributed by atoms with van der Waals surface area (Å²) in [7, 11) is 0. The molecule has 3 nitrogen and oxygen atoms in total. The largest absolute Gasteiger partial charge is 0.296 e. The highest BCUT2D eigenvalue weighted by atomic mass is 16.1. The van der Waals surface area contributed by atoms with Crippen LogP contribution in [0.5, 0.6) is 0 Å². The average Bonchev–Trinajstić information content (AvgIpc) is 2.56. The Hall–Kier alpha value is -1.64. The van der Waals surface area contributed by atoms with E-state index in [1.807, 2.05) is 29.5 Å². The molecule has 0 saturated heterocycles. The first-order valence-corrected chi connectivity index (χ1v) is 5.39. The highest BCUT2D eigenvalue weighted by molar-refractivity contribution is 5.75. The van der Waals surface area contributed by atoms with Crippen LogP contribution in [0.3, 0.4) is 0 Å². The fraction of sp³-hybridized carbons (Fsp3) is 0.385. The Labute approximate surface area is 95.1 Å². The van der Waals surface area contributed by atoms with Gasteiger partial charge in [0.1, 0.15) is 5.82 Å². The zero-order valence-corrected chi connectivity index (χ0v) is 10.1. The summed E-state index contributed by atoms with van der Waals surface area (Å²) < 4.78 is 1.95. The molecule has 0 radical (unpaired) electrons. The third-order valence-corrected chi connectivity index (χ3v) is 2.67. The number of hydrogen-bond donors (Lipinski definition) is 0. The molecule has 0 fully saturated rings. The van der Waals surface area contributed by atoms with Crippen molar-refractivity contribution in [3.8, 4) is 0 Å². The van der Waals surface area contributed by atoms with Crippen molar-refractivity contribution in [2.24, 2.45) is 0 Å². The Bertz CT molecular complexity index is 547. The van der Waals surface area contributed by atoms with E-state index >= 15 is 0 Å². The zero-order chi connectivity index (χ0) is 11.9. The van der Waals surface area contributed by atoms with Crippen LogP contribution >= 0.6 is 0 Å². The summed E-state index contributed by atoms with van der Waals surface area (Å²) in [5.41, 5.74) is 2.56. The zero-order valence-electron chi connectivity index (χ0n) is 10.1. The Morgan fingerprint density at radius 3 is 2.56 bits per heavy atom. The molecule has 0 atom stereocenters. The van der Waals surface area contributed by atoms with Crippen LogP contribution in [0.1, 0.15) is 42.8 Å². The van der Waals surface area contributed by atoms with Crippen molar-refractivity contribution >= 4 is 11.8 Å². The topological polar surface area (TPSA) is 34.4 Å². The summed E-state index contributed by atoms with van der Waals surface area (Å²) in [4.78, 5) is 15.6. The van der Waals surface area contributed by atoms with E-state index in [9.17, 15) is 4.79 Å². The van der Waals surface area contributed by atoms with Crippen LogP contribution in [-0.2, 0) is 5.41 Å². The molecule has 3 heteroatoms. The number of nitrogens with zero attached hydrogens (tertiary/aromatic N) is 2. The second-order valence-corrected chi connectivity index (χ2v) is 5.06. The maximum Gasteiger partial charge on any atom is 0.166 e. The van der Waals surface area contributed by atoms with Crippen molar-refractivity contribution in [2.75, 3.05) is 0 Å².